The van der Waals surface area contributed by atoms with Gasteiger partial charge in [0.25, 0.3) is 5.91 Å². The lowest BCUT2D eigenvalue weighted by Gasteiger charge is -2.20. The zero-order valence-electron chi connectivity index (χ0n) is 10.7. The van der Waals surface area contributed by atoms with Crippen LogP contribution in [0.3, 0.4) is 0 Å². The van der Waals surface area contributed by atoms with Crippen LogP contribution >= 0.6 is 0 Å². The Morgan fingerprint density at radius 1 is 1.47 bits per heavy atom. The SMILES string of the molecule is Cc1cnoc1C(=O)Nc1cccc2c1CNCC2. The molecule has 0 fully saturated rings. The summed E-state index contributed by atoms with van der Waals surface area (Å²) in [7, 11) is 0. The van der Waals surface area contributed by atoms with Crippen molar-refractivity contribution in [2.45, 2.75) is 19.9 Å². The number of aromatic nitrogens is 1. The molecule has 5 nitrogen and oxygen atoms in total. The molecular formula is C14H15N3O2. The van der Waals surface area contributed by atoms with Crippen LogP contribution in [0.2, 0.25) is 0 Å². The number of anilines is 1. The monoisotopic (exact) mass is 257 g/mol. The lowest BCUT2D eigenvalue weighted by atomic mass is 9.99. The summed E-state index contributed by atoms with van der Waals surface area (Å²) < 4.78 is 4.96. The van der Waals surface area contributed by atoms with Crippen molar-refractivity contribution in [1.82, 2.24) is 10.5 Å². The number of benzene rings is 1. The molecule has 0 spiro atoms. The summed E-state index contributed by atoms with van der Waals surface area (Å²) in [5, 5.41) is 9.84. The van der Waals surface area contributed by atoms with Gasteiger partial charge in [0.15, 0.2) is 0 Å². The van der Waals surface area contributed by atoms with Crippen molar-refractivity contribution in [2.75, 3.05) is 11.9 Å². The minimum atomic E-state index is -0.256. The maximum atomic E-state index is 12.1. The average molecular weight is 257 g/mol. The lowest BCUT2D eigenvalue weighted by Crippen LogP contribution is -2.25. The molecule has 1 aromatic heterocycles. The highest BCUT2D eigenvalue weighted by Gasteiger charge is 2.18. The predicted octanol–water partition coefficient (Wildman–Crippen LogP) is 1.88. The van der Waals surface area contributed by atoms with Gasteiger partial charge in [0.1, 0.15) is 0 Å². The number of rotatable bonds is 2. The van der Waals surface area contributed by atoms with Gasteiger partial charge in [-0.3, -0.25) is 4.79 Å². The van der Waals surface area contributed by atoms with Crippen LogP contribution in [0.15, 0.2) is 28.9 Å². The summed E-state index contributed by atoms with van der Waals surface area (Å²) in [6, 6.07) is 5.98. The van der Waals surface area contributed by atoms with Gasteiger partial charge in [0, 0.05) is 17.8 Å². The molecule has 2 aromatic rings. The molecule has 1 amide bonds. The van der Waals surface area contributed by atoms with Gasteiger partial charge in [-0.05, 0) is 37.1 Å². The molecule has 1 aromatic carbocycles. The summed E-state index contributed by atoms with van der Waals surface area (Å²) in [6.45, 7) is 3.56. The van der Waals surface area contributed by atoms with Crippen molar-refractivity contribution < 1.29 is 9.32 Å². The Bertz CT molecular complexity index is 619. The maximum absolute atomic E-state index is 12.1. The van der Waals surface area contributed by atoms with E-state index in [9.17, 15) is 4.79 Å². The second kappa shape index (κ2) is 4.85. The Balaban J connectivity index is 1.88. The molecule has 1 aliphatic rings. The summed E-state index contributed by atoms with van der Waals surface area (Å²) >= 11 is 0. The quantitative estimate of drug-likeness (QED) is 0.862. The fourth-order valence-corrected chi connectivity index (χ4v) is 2.32. The highest BCUT2D eigenvalue weighted by molar-refractivity contribution is 6.03. The molecule has 0 unspecified atom stereocenters. The average Bonchev–Trinajstić information content (AvgIpc) is 2.85. The number of carbonyl (C=O) groups excluding carboxylic acids is 1. The van der Waals surface area contributed by atoms with Gasteiger partial charge in [-0.2, -0.15) is 0 Å². The molecule has 0 atom stereocenters. The third-order valence-corrected chi connectivity index (χ3v) is 3.35. The first kappa shape index (κ1) is 11.9. The van der Waals surface area contributed by atoms with Crippen LogP contribution in [-0.4, -0.2) is 17.6 Å². The molecule has 0 saturated carbocycles. The van der Waals surface area contributed by atoms with Crippen molar-refractivity contribution in [1.29, 1.82) is 0 Å². The normalized spacial score (nSPS) is 13.9. The number of carbonyl (C=O) groups is 1. The van der Waals surface area contributed by atoms with E-state index in [2.05, 4.69) is 21.9 Å². The Labute approximate surface area is 111 Å². The van der Waals surface area contributed by atoms with Crippen LogP contribution in [0.1, 0.15) is 27.2 Å². The fourth-order valence-electron chi connectivity index (χ4n) is 2.32. The topological polar surface area (TPSA) is 67.2 Å². The van der Waals surface area contributed by atoms with Gasteiger partial charge in [-0.15, -0.1) is 0 Å². The molecular weight excluding hydrogens is 242 g/mol. The first-order valence-corrected chi connectivity index (χ1v) is 6.30. The van der Waals surface area contributed by atoms with Crippen LogP contribution < -0.4 is 10.6 Å². The number of nitrogens with one attached hydrogen (secondary N) is 2. The van der Waals surface area contributed by atoms with Gasteiger partial charge in [-0.25, -0.2) is 0 Å². The summed E-state index contributed by atoms with van der Waals surface area (Å²) in [5.74, 6) is 0.00958. The van der Waals surface area contributed by atoms with E-state index in [-0.39, 0.29) is 11.7 Å². The number of hydrogen-bond donors (Lipinski definition) is 2. The smallest absolute Gasteiger partial charge is 0.294 e. The third kappa shape index (κ3) is 2.24. The Hall–Kier alpha value is -2.14. The van der Waals surface area contributed by atoms with E-state index >= 15 is 0 Å². The summed E-state index contributed by atoms with van der Waals surface area (Å²) in [5.41, 5.74) is 4.01. The van der Waals surface area contributed by atoms with Gasteiger partial charge >= 0.3 is 0 Å². The first-order valence-electron chi connectivity index (χ1n) is 6.30. The highest BCUT2D eigenvalue weighted by Crippen LogP contribution is 2.23. The van der Waals surface area contributed by atoms with Crippen LogP contribution in [0.4, 0.5) is 5.69 Å². The molecule has 0 saturated heterocycles. The van der Waals surface area contributed by atoms with Gasteiger partial charge in [-0.1, -0.05) is 17.3 Å². The van der Waals surface area contributed by atoms with Gasteiger partial charge in [0.05, 0.1) is 6.20 Å². The van der Waals surface area contributed by atoms with Crippen molar-refractivity contribution in [3.05, 3.63) is 46.8 Å². The van der Waals surface area contributed by atoms with Crippen molar-refractivity contribution in [2.24, 2.45) is 0 Å². The summed E-state index contributed by atoms with van der Waals surface area (Å²) in [6.07, 6.45) is 2.53. The number of nitrogens with zero attached hydrogens (tertiary/aromatic N) is 1. The van der Waals surface area contributed by atoms with Crippen molar-refractivity contribution in [3.63, 3.8) is 0 Å². The second-order valence-corrected chi connectivity index (χ2v) is 4.66. The van der Waals surface area contributed by atoms with E-state index in [1.807, 2.05) is 12.1 Å². The Morgan fingerprint density at radius 3 is 3.16 bits per heavy atom. The van der Waals surface area contributed by atoms with Crippen molar-refractivity contribution in [3.8, 4) is 0 Å². The van der Waals surface area contributed by atoms with E-state index in [0.717, 1.165) is 36.3 Å². The molecule has 19 heavy (non-hydrogen) atoms. The Morgan fingerprint density at radius 2 is 2.37 bits per heavy atom. The molecule has 1 aliphatic heterocycles. The standard InChI is InChI=1S/C14H15N3O2/c1-9-7-16-19-13(9)14(18)17-12-4-2-3-10-5-6-15-8-11(10)12/h2-4,7,15H,5-6,8H2,1H3,(H,17,18). The predicted molar refractivity (Wildman–Crippen MR) is 71.0 cm³/mol. The molecule has 0 radical (unpaired) electrons. The van der Waals surface area contributed by atoms with Crippen molar-refractivity contribution >= 4 is 11.6 Å². The fraction of sp³-hybridized carbons (Fsp3) is 0.286. The lowest BCUT2D eigenvalue weighted by molar-refractivity contribution is 0.0987. The highest BCUT2D eigenvalue weighted by atomic mass is 16.5. The molecule has 2 heterocycles. The maximum Gasteiger partial charge on any atom is 0.294 e. The van der Waals surface area contributed by atoms with E-state index in [0.29, 0.717) is 0 Å². The van der Waals surface area contributed by atoms with Crippen LogP contribution in [0.5, 0.6) is 0 Å². The minimum Gasteiger partial charge on any atom is -0.351 e. The molecule has 2 N–H and O–H groups in total. The van der Waals surface area contributed by atoms with E-state index in [1.165, 1.54) is 11.8 Å². The van der Waals surface area contributed by atoms with Gasteiger partial charge < -0.3 is 15.2 Å². The summed E-state index contributed by atoms with van der Waals surface area (Å²) in [4.78, 5) is 12.1. The molecule has 0 aliphatic carbocycles. The van der Waals surface area contributed by atoms with E-state index in [1.54, 1.807) is 6.92 Å². The second-order valence-electron chi connectivity index (χ2n) is 4.66. The van der Waals surface area contributed by atoms with Crippen LogP contribution in [0, 0.1) is 6.92 Å². The van der Waals surface area contributed by atoms with E-state index in [4.69, 9.17) is 4.52 Å². The number of amides is 1. The minimum absolute atomic E-state index is 0.256. The molecule has 5 heteroatoms. The molecule has 3 rings (SSSR count). The zero-order chi connectivity index (χ0) is 13.2. The van der Waals surface area contributed by atoms with E-state index < -0.39 is 0 Å². The van der Waals surface area contributed by atoms with Gasteiger partial charge in [0.2, 0.25) is 5.76 Å². The third-order valence-electron chi connectivity index (χ3n) is 3.35. The number of fused-ring (bicyclic) bond motifs is 1. The molecule has 0 bridgehead atoms. The Kier molecular flexibility index (Phi) is 3.05. The van der Waals surface area contributed by atoms with Crippen LogP contribution in [0.25, 0.3) is 0 Å². The molecule has 98 valence electrons. The zero-order valence-corrected chi connectivity index (χ0v) is 10.7. The number of aryl methyl sites for hydroxylation is 1. The first-order chi connectivity index (χ1) is 9.25. The number of hydrogen-bond acceptors (Lipinski definition) is 4. The van der Waals surface area contributed by atoms with Crippen LogP contribution in [-0.2, 0) is 13.0 Å². The largest absolute Gasteiger partial charge is 0.351 e.